The molecule has 0 aliphatic carbocycles. The van der Waals surface area contributed by atoms with E-state index in [1.807, 2.05) is 11.5 Å². The number of aryl methyl sites for hydroxylation is 1. The van der Waals surface area contributed by atoms with E-state index in [4.69, 9.17) is 0 Å². The number of nitrogens with zero attached hydrogens (tertiary/aromatic N) is 2. The molecular formula is C8H12N2S. The van der Waals surface area contributed by atoms with Crippen LogP contribution in [0.3, 0.4) is 0 Å². The molecule has 0 spiro atoms. The molecule has 0 radical (unpaired) electrons. The maximum Gasteiger partial charge on any atom is 0.188 e. The molecule has 1 heterocycles. The van der Waals surface area contributed by atoms with Crippen molar-refractivity contribution in [3.8, 4) is 0 Å². The Balaban J connectivity index is 3.42. The Kier molecular flexibility index (Phi) is 2.29. The van der Waals surface area contributed by atoms with Crippen LogP contribution in [-0.2, 0) is 0 Å². The molecule has 0 bridgehead atoms. The van der Waals surface area contributed by atoms with E-state index in [2.05, 4.69) is 23.9 Å². The minimum Gasteiger partial charge on any atom is -0.295 e. The Hall–Kier alpha value is -0.830. The normalized spacial score (nSPS) is 12.1. The fourth-order valence-corrected chi connectivity index (χ4v) is 1.90. The van der Waals surface area contributed by atoms with Crippen LogP contribution in [0.25, 0.3) is 5.70 Å². The van der Waals surface area contributed by atoms with Crippen LogP contribution < -0.4 is 4.80 Å². The third-order valence-electron chi connectivity index (χ3n) is 1.45. The van der Waals surface area contributed by atoms with E-state index in [1.54, 1.807) is 18.4 Å². The Morgan fingerprint density at radius 2 is 2.36 bits per heavy atom. The fraction of sp³-hybridized carbons (Fsp3) is 0.375. The average Bonchev–Trinajstić information content (AvgIpc) is 2.30. The third-order valence-corrected chi connectivity index (χ3v) is 2.49. The highest BCUT2D eigenvalue weighted by atomic mass is 32.1. The van der Waals surface area contributed by atoms with Gasteiger partial charge in [-0.3, -0.25) is 9.56 Å². The van der Waals surface area contributed by atoms with Crippen molar-refractivity contribution in [1.29, 1.82) is 0 Å². The van der Waals surface area contributed by atoms with Gasteiger partial charge in [0.25, 0.3) is 0 Å². The molecule has 0 saturated carbocycles. The summed E-state index contributed by atoms with van der Waals surface area (Å²) in [5.41, 5.74) is 2.22. The van der Waals surface area contributed by atoms with Crippen LogP contribution in [-0.4, -0.2) is 11.6 Å². The lowest BCUT2D eigenvalue weighted by Crippen LogP contribution is -2.13. The second kappa shape index (κ2) is 3.05. The summed E-state index contributed by atoms with van der Waals surface area (Å²) < 4.78 is 2.05. The SMILES string of the molecule is C=C(C)n1c(C)csc1=NC. The van der Waals surface area contributed by atoms with Crippen LogP contribution in [0.1, 0.15) is 12.6 Å². The minimum absolute atomic E-state index is 1.01. The van der Waals surface area contributed by atoms with Crippen LogP contribution in [0.2, 0.25) is 0 Å². The summed E-state index contributed by atoms with van der Waals surface area (Å²) in [5, 5.41) is 2.08. The number of thiazole rings is 1. The zero-order chi connectivity index (χ0) is 8.43. The second-order valence-electron chi connectivity index (χ2n) is 2.45. The van der Waals surface area contributed by atoms with Crippen molar-refractivity contribution >= 4 is 17.0 Å². The molecule has 0 atom stereocenters. The number of rotatable bonds is 1. The first-order valence-corrected chi connectivity index (χ1v) is 4.30. The molecule has 0 saturated heterocycles. The van der Waals surface area contributed by atoms with Crippen LogP contribution in [0.5, 0.6) is 0 Å². The molecular weight excluding hydrogens is 156 g/mol. The maximum absolute atomic E-state index is 4.13. The predicted octanol–water partition coefficient (Wildman–Crippen LogP) is 1.88. The number of hydrogen-bond acceptors (Lipinski definition) is 2. The van der Waals surface area contributed by atoms with Gasteiger partial charge in [0.05, 0.1) is 0 Å². The lowest BCUT2D eigenvalue weighted by atomic mass is 10.5. The van der Waals surface area contributed by atoms with Gasteiger partial charge in [-0.1, -0.05) is 6.58 Å². The van der Waals surface area contributed by atoms with Crippen molar-refractivity contribution in [3.05, 3.63) is 22.5 Å². The van der Waals surface area contributed by atoms with E-state index in [1.165, 1.54) is 5.69 Å². The summed E-state index contributed by atoms with van der Waals surface area (Å²) >= 11 is 1.64. The largest absolute Gasteiger partial charge is 0.295 e. The van der Waals surface area contributed by atoms with Gasteiger partial charge in [-0.05, 0) is 13.8 Å². The predicted molar refractivity (Wildman–Crippen MR) is 49.5 cm³/mol. The van der Waals surface area contributed by atoms with Crippen molar-refractivity contribution in [2.24, 2.45) is 4.99 Å². The Bertz CT molecular complexity index is 330. The molecule has 0 aliphatic rings. The topological polar surface area (TPSA) is 17.3 Å². The summed E-state index contributed by atoms with van der Waals surface area (Å²) in [4.78, 5) is 5.14. The van der Waals surface area contributed by atoms with E-state index < -0.39 is 0 Å². The first-order chi connectivity index (χ1) is 5.16. The molecule has 0 fully saturated rings. The van der Waals surface area contributed by atoms with E-state index in [9.17, 15) is 0 Å². The molecule has 60 valence electrons. The molecule has 0 aromatic carbocycles. The van der Waals surface area contributed by atoms with E-state index in [0.717, 1.165) is 10.5 Å². The van der Waals surface area contributed by atoms with Crippen molar-refractivity contribution in [2.45, 2.75) is 13.8 Å². The zero-order valence-corrected chi connectivity index (χ0v) is 7.90. The average molecular weight is 168 g/mol. The van der Waals surface area contributed by atoms with Crippen molar-refractivity contribution < 1.29 is 0 Å². The molecule has 0 aliphatic heterocycles. The summed E-state index contributed by atoms with van der Waals surface area (Å²) in [6, 6.07) is 0. The van der Waals surface area contributed by atoms with E-state index >= 15 is 0 Å². The van der Waals surface area contributed by atoms with Crippen LogP contribution in [0.4, 0.5) is 0 Å². The van der Waals surface area contributed by atoms with E-state index in [0.29, 0.717) is 0 Å². The molecule has 1 aromatic rings. The monoisotopic (exact) mass is 168 g/mol. The summed E-state index contributed by atoms with van der Waals surface area (Å²) in [6.45, 7) is 7.91. The van der Waals surface area contributed by atoms with Gasteiger partial charge in [0, 0.05) is 23.8 Å². The molecule has 11 heavy (non-hydrogen) atoms. The molecule has 0 amide bonds. The summed E-state index contributed by atoms with van der Waals surface area (Å²) in [7, 11) is 1.80. The standard InChI is InChI=1S/C8H12N2S/c1-6(2)10-7(3)5-11-8(10)9-4/h5H,1H2,2-4H3. The first kappa shape index (κ1) is 8.27. The molecule has 3 heteroatoms. The lowest BCUT2D eigenvalue weighted by Gasteiger charge is -2.02. The highest BCUT2D eigenvalue weighted by Crippen LogP contribution is 2.05. The Morgan fingerprint density at radius 1 is 1.73 bits per heavy atom. The third kappa shape index (κ3) is 1.43. The van der Waals surface area contributed by atoms with Crippen LogP contribution in [0.15, 0.2) is 17.0 Å². The molecule has 0 N–H and O–H groups in total. The van der Waals surface area contributed by atoms with Crippen molar-refractivity contribution in [1.82, 2.24) is 4.57 Å². The quantitative estimate of drug-likeness (QED) is 0.609. The number of aromatic nitrogens is 1. The van der Waals surface area contributed by atoms with Gasteiger partial charge in [0.1, 0.15) is 0 Å². The molecule has 0 unspecified atom stereocenters. The maximum atomic E-state index is 4.13. The summed E-state index contributed by atoms with van der Waals surface area (Å²) in [5.74, 6) is 0. The molecule has 2 nitrogen and oxygen atoms in total. The second-order valence-corrected chi connectivity index (χ2v) is 3.29. The highest BCUT2D eigenvalue weighted by Gasteiger charge is 1.98. The fourth-order valence-electron chi connectivity index (χ4n) is 1.01. The van der Waals surface area contributed by atoms with Crippen molar-refractivity contribution in [2.75, 3.05) is 7.05 Å². The van der Waals surface area contributed by atoms with Crippen LogP contribution in [0, 0.1) is 6.92 Å². The number of allylic oxidation sites excluding steroid dienone is 1. The molecule has 1 aromatic heterocycles. The number of hydrogen-bond donors (Lipinski definition) is 0. The van der Waals surface area contributed by atoms with Gasteiger partial charge >= 0.3 is 0 Å². The van der Waals surface area contributed by atoms with Gasteiger partial charge in [-0.15, -0.1) is 11.3 Å². The first-order valence-electron chi connectivity index (χ1n) is 3.42. The Morgan fingerprint density at radius 3 is 2.73 bits per heavy atom. The summed E-state index contributed by atoms with van der Waals surface area (Å²) in [6.07, 6.45) is 0. The van der Waals surface area contributed by atoms with Gasteiger partial charge in [0.2, 0.25) is 0 Å². The smallest absolute Gasteiger partial charge is 0.188 e. The Labute approximate surface area is 70.5 Å². The minimum atomic E-state index is 1.01. The van der Waals surface area contributed by atoms with Gasteiger partial charge in [-0.25, -0.2) is 0 Å². The van der Waals surface area contributed by atoms with E-state index in [-0.39, 0.29) is 0 Å². The van der Waals surface area contributed by atoms with Crippen LogP contribution >= 0.6 is 11.3 Å². The van der Waals surface area contributed by atoms with Crippen molar-refractivity contribution in [3.63, 3.8) is 0 Å². The molecule has 1 rings (SSSR count). The van der Waals surface area contributed by atoms with Gasteiger partial charge < -0.3 is 0 Å². The van der Waals surface area contributed by atoms with Gasteiger partial charge in [0.15, 0.2) is 4.80 Å². The lowest BCUT2D eigenvalue weighted by molar-refractivity contribution is 0.962. The van der Waals surface area contributed by atoms with Gasteiger partial charge in [-0.2, -0.15) is 0 Å². The highest BCUT2D eigenvalue weighted by molar-refractivity contribution is 7.07. The zero-order valence-electron chi connectivity index (χ0n) is 7.09.